The molecule has 0 aromatic carbocycles. The zero-order valence-corrected chi connectivity index (χ0v) is 5.65. The maximum Gasteiger partial charge on any atom is 0.0200 e. The van der Waals surface area contributed by atoms with Gasteiger partial charge in [0.25, 0.3) is 0 Å². The number of rotatable bonds is 0. The van der Waals surface area contributed by atoms with Gasteiger partial charge >= 0.3 is 0 Å². The molecule has 0 amide bonds. The molecule has 0 aromatic heterocycles. The summed E-state index contributed by atoms with van der Waals surface area (Å²) in [6, 6.07) is 0. The van der Waals surface area contributed by atoms with Gasteiger partial charge in [-0.1, -0.05) is 13.5 Å². The lowest BCUT2D eigenvalue weighted by molar-refractivity contribution is 0.447. The Morgan fingerprint density at radius 2 is 2.38 bits per heavy atom. The molecule has 1 heterocycles. The van der Waals surface area contributed by atoms with Crippen molar-refractivity contribution < 1.29 is 0 Å². The van der Waals surface area contributed by atoms with Crippen LogP contribution in [0.2, 0.25) is 0 Å². The molecule has 1 aliphatic heterocycles. The smallest absolute Gasteiger partial charge is 0.0200 e. The highest BCUT2D eigenvalue weighted by Gasteiger charge is 2.16. The maximum atomic E-state index is 3.91. The summed E-state index contributed by atoms with van der Waals surface area (Å²) in [5, 5.41) is 0. The number of allylic oxidation sites excluding steroid dienone is 1. The van der Waals surface area contributed by atoms with Crippen LogP contribution in [0.3, 0.4) is 0 Å². The van der Waals surface area contributed by atoms with Gasteiger partial charge in [0.1, 0.15) is 0 Å². The van der Waals surface area contributed by atoms with Crippen LogP contribution in [0.15, 0.2) is 12.3 Å². The van der Waals surface area contributed by atoms with Crippen molar-refractivity contribution in [2.75, 3.05) is 13.6 Å². The van der Waals surface area contributed by atoms with Gasteiger partial charge in [0.2, 0.25) is 0 Å². The Morgan fingerprint density at radius 1 is 1.75 bits per heavy atom. The third-order valence-corrected chi connectivity index (χ3v) is 1.71. The summed E-state index contributed by atoms with van der Waals surface area (Å²) in [6.45, 7) is 7.36. The molecule has 8 heavy (non-hydrogen) atoms. The highest BCUT2D eigenvalue weighted by Crippen LogP contribution is 2.21. The summed E-state index contributed by atoms with van der Waals surface area (Å²) < 4.78 is 0. The zero-order chi connectivity index (χ0) is 6.15. The summed E-state index contributed by atoms with van der Waals surface area (Å²) in [5.41, 5.74) is 1.29. The quantitative estimate of drug-likeness (QED) is 0.457. The van der Waals surface area contributed by atoms with E-state index in [2.05, 4.69) is 25.5 Å². The van der Waals surface area contributed by atoms with E-state index in [-0.39, 0.29) is 0 Å². The largest absolute Gasteiger partial charge is 0.378 e. The predicted molar refractivity (Wildman–Crippen MR) is 35.6 cm³/mol. The molecular weight excluding hydrogens is 98.1 g/mol. The topological polar surface area (TPSA) is 3.24 Å². The van der Waals surface area contributed by atoms with Crippen LogP contribution in [0, 0.1) is 5.92 Å². The third-order valence-electron chi connectivity index (χ3n) is 1.71. The lowest BCUT2D eigenvalue weighted by atomic mass is 10.1. The third kappa shape index (κ3) is 0.857. The molecule has 0 aliphatic carbocycles. The number of hydrogen-bond acceptors (Lipinski definition) is 1. The fourth-order valence-corrected chi connectivity index (χ4v) is 1.22. The number of nitrogens with zero attached hydrogens (tertiary/aromatic N) is 1. The highest BCUT2D eigenvalue weighted by atomic mass is 15.1. The molecule has 0 N–H and O–H groups in total. The van der Waals surface area contributed by atoms with E-state index in [0.29, 0.717) is 0 Å². The lowest BCUT2D eigenvalue weighted by Gasteiger charge is -2.09. The summed E-state index contributed by atoms with van der Waals surface area (Å²) in [6.07, 6.45) is 1.19. The van der Waals surface area contributed by atoms with Crippen LogP contribution < -0.4 is 0 Å². The Bertz CT molecular complexity index is 107. The molecule has 0 bridgehead atoms. The Labute approximate surface area is 51.0 Å². The van der Waals surface area contributed by atoms with Crippen molar-refractivity contribution >= 4 is 0 Å². The predicted octanol–water partition coefficient (Wildman–Crippen LogP) is 1.47. The van der Waals surface area contributed by atoms with Gasteiger partial charge in [0.05, 0.1) is 0 Å². The molecular formula is C7H13N. The van der Waals surface area contributed by atoms with Crippen molar-refractivity contribution in [2.24, 2.45) is 5.92 Å². The molecule has 0 unspecified atom stereocenters. The van der Waals surface area contributed by atoms with Crippen molar-refractivity contribution in [3.8, 4) is 0 Å². The fraction of sp³-hybridized carbons (Fsp3) is 0.714. The van der Waals surface area contributed by atoms with E-state index in [1.807, 2.05) is 0 Å². The molecule has 0 saturated carbocycles. The Hall–Kier alpha value is -0.460. The van der Waals surface area contributed by atoms with Crippen LogP contribution in [0.25, 0.3) is 0 Å². The summed E-state index contributed by atoms with van der Waals surface area (Å²) >= 11 is 0. The maximum absolute atomic E-state index is 3.91. The van der Waals surface area contributed by atoms with Gasteiger partial charge in [-0.3, -0.25) is 0 Å². The first kappa shape index (κ1) is 5.67. The molecule has 0 radical (unpaired) electrons. The molecule has 1 heteroatoms. The van der Waals surface area contributed by atoms with E-state index >= 15 is 0 Å². The normalized spacial score (nSPS) is 29.5. The van der Waals surface area contributed by atoms with E-state index in [1.54, 1.807) is 0 Å². The van der Waals surface area contributed by atoms with Gasteiger partial charge in [0.15, 0.2) is 0 Å². The second kappa shape index (κ2) is 1.81. The molecule has 46 valence electrons. The molecule has 1 saturated heterocycles. The van der Waals surface area contributed by atoms with E-state index in [9.17, 15) is 0 Å². The first-order chi connectivity index (χ1) is 3.70. The average molecular weight is 111 g/mol. The van der Waals surface area contributed by atoms with Gasteiger partial charge in [-0.05, 0) is 12.3 Å². The Balaban J connectivity index is 2.51. The minimum atomic E-state index is 0.826. The average Bonchev–Trinajstić information content (AvgIpc) is 1.85. The standard InChI is InChI=1S/C7H13N/c1-6-4-7(2)8(3)5-6/h6H,2,4-5H2,1,3H3/t6-/m1/s1. The Kier molecular flexibility index (Phi) is 1.28. The molecule has 1 fully saturated rings. The Morgan fingerprint density at radius 3 is 2.50 bits per heavy atom. The van der Waals surface area contributed by atoms with Gasteiger partial charge in [-0.15, -0.1) is 0 Å². The monoisotopic (exact) mass is 111 g/mol. The van der Waals surface area contributed by atoms with Crippen LogP contribution in [0.4, 0.5) is 0 Å². The zero-order valence-electron chi connectivity index (χ0n) is 5.65. The minimum Gasteiger partial charge on any atom is -0.378 e. The van der Waals surface area contributed by atoms with Crippen LogP contribution in [0.5, 0.6) is 0 Å². The number of likely N-dealkylation sites (tertiary alicyclic amines) is 1. The van der Waals surface area contributed by atoms with Crippen molar-refractivity contribution in [3.63, 3.8) is 0 Å². The van der Waals surface area contributed by atoms with Gasteiger partial charge < -0.3 is 4.90 Å². The first-order valence-corrected chi connectivity index (χ1v) is 3.09. The van der Waals surface area contributed by atoms with Crippen LogP contribution in [-0.2, 0) is 0 Å². The molecule has 1 nitrogen and oxygen atoms in total. The summed E-state index contributed by atoms with van der Waals surface area (Å²) in [4.78, 5) is 2.23. The first-order valence-electron chi connectivity index (χ1n) is 3.09. The molecule has 0 spiro atoms. The van der Waals surface area contributed by atoms with Crippen molar-refractivity contribution in [1.29, 1.82) is 0 Å². The van der Waals surface area contributed by atoms with E-state index in [1.165, 1.54) is 18.7 Å². The second-order valence-corrected chi connectivity index (χ2v) is 2.76. The van der Waals surface area contributed by atoms with Crippen molar-refractivity contribution in [2.45, 2.75) is 13.3 Å². The van der Waals surface area contributed by atoms with Crippen LogP contribution >= 0.6 is 0 Å². The van der Waals surface area contributed by atoms with E-state index in [4.69, 9.17) is 0 Å². The van der Waals surface area contributed by atoms with Crippen molar-refractivity contribution in [1.82, 2.24) is 4.90 Å². The van der Waals surface area contributed by atoms with Gasteiger partial charge in [-0.2, -0.15) is 0 Å². The van der Waals surface area contributed by atoms with Gasteiger partial charge in [-0.25, -0.2) is 0 Å². The van der Waals surface area contributed by atoms with Gasteiger partial charge in [0, 0.05) is 19.3 Å². The number of hydrogen-bond donors (Lipinski definition) is 0. The highest BCUT2D eigenvalue weighted by molar-refractivity contribution is 4.99. The second-order valence-electron chi connectivity index (χ2n) is 2.76. The summed E-state index contributed by atoms with van der Waals surface area (Å²) in [7, 11) is 2.10. The van der Waals surface area contributed by atoms with E-state index < -0.39 is 0 Å². The molecule has 1 rings (SSSR count). The summed E-state index contributed by atoms with van der Waals surface area (Å²) in [5.74, 6) is 0.826. The minimum absolute atomic E-state index is 0.826. The fourth-order valence-electron chi connectivity index (χ4n) is 1.22. The SMILES string of the molecule is C=C1C[C@@H](C)CN1C. The van der Waals surface area contributed by atoms with Crippen LogP contribution in [0.1, 0.15) is 13.3 Å². The molecule has 0 aromatic rings. The lowest BCUT2D eigenvalue weighted by Crippen LogP contribution is -2.10. The van der Waals surface area contributed by atoms with Crippen LogP contribution in [-0.4, -0.2) is 18.5 Å². The van der Waals surface area contributed by atoms with E-state index in [0.717, 1.165) is 5.92 Å². The molecule has 1 atom stereocenters. The van der Waals surface area contributed by atoms with Crippen molar-refractivity contribution in [3.05, 3.63) is 12.3 Å². The molecule has 1 aliphatic rings.